The van der Waals surface area contributed by atoms with Gasteiger partial charge in [-0.1, -0.05) is 0 Å². The summed E-state index contributed by atoms with van der Waals surface area (Å²) in [5.41, 5.74) is 6.30. The molecule has 4 N–H and O–H groups in total. The minimum absolute atomic E-state index is 0.114. The smallest absolute Gasteiger partial charge is 0.126 e. The van der Waals surface area contributed by atoms with Crippen molar-refractivity contribution in [1.29, 1.82) is 0 Å². The molecule has 0 bridgehead atoms. The Hall–Kier alpha value is -1.29. The highest BCUT2D eigenvalue weighted by Gasteiger charge is 2.41. The molecule has 4 heteroatoms. The topological polar surface area (TPSA) is 71.2 Å². The number of nitrogen functional groups attached to an aromatic ring is 1. The van der Waals surface area contributed by atoms with Crippen LogP contribution in [0.2, 0.25) is 0 Å². The molecule has 1 aromatic heterocycles. The Morgan fingerprint density at radius 1 is 1.50 bits per heavy atom. The molecular weight excluding hydrogens is 178 g/mol. The first-order valence-electron chi connectivity index (χ1n) is 4.80. The highest BCUT2D eigenvalue weighted by molar-refractivity contribution is 5.43. The van der Waals surface area contributed by atoms with Gasteiger partial charge in [-0.15, -0.1) is 0 Å². The summed E-state index contributed by atoms with van der Waals surface area (Å²) < 4.78 is 0. The molecule has 0 saturated heterocycles. The molecule has 1 aliphatic carbocycles. The van der Waals surface area contributed by atoms with Crippen molar-refractivity contribution >= 4 is 11.5 Å². The molecule has 1 aromatic rings. The Kier molecular flexibility index (Phi) is 2.29. The summed E-state index contributed by atoms with van der Waals surface area (Å²) in [6, 6.07) is 3.66. The van der Waals surface area contributed by atoms with Crippen molar-refractivity contribution in [2.45, 2.75) is 12.8 Å². The van der Waals surface area contributed by atoms with Crippen LogP contribution in [0.4, 0.5) is 11.5 Å². The van der Waals surface area contributed by atoms with E-state index in [-0.39, 0.29) is 12.0 Å². The van der Waals surface area contributed by atoms with Crippen molar-refractivity contribution in [3.05, 3.63) is 18.3 Å². The van der Waals surface area contributed by atoms with E-state index in [0.29, 0.717) is 5.69 Å². The van der Waals surface area contributed by atoms with Crippen LogP contribution in [0.1, 0.15) is 12.8 Å². The fourth-order valence-corrected chi connectivity index (χ4v) is 1.36. The number of aliphatic hydroxyl groups excluding tert-OH is 1. The van der Waals surface area contributed by atoms with Crippen molar-refractivity contribution in [3.63, 3.8) is 0 Å². The second-order valence-electron chi connectivity index (χ2n) is 3.99. The first kappa shape index (κ1) is 9.27. The molecule has 0 aromatic carbocycles. The molecule has 1 fully saturated rings. The van der Waals surface area contributed by atoms with E-state index < -0.39 is 0 Å². The van der Waals surface area contributed by atoms with Crippen molar-refractivity contribution < 1.29 is 5.11 Å². The van der Waals surface area contributed by atoms with E-state index >= 15 is 0 Å². The lowest BCUT2D eigenvalue weighted by atomic mass is 10.1. The summed E-state index contributed by atoms with van der Waals surface area (Å²) in [5.74, 6) is 0.818. The fourth-order valence-electron chi connectivity index (χ4n) is 1.36. The molecule has 0 spiro atoms. The van der Waals surface area contributed by atoms with E-state index in [9.17, 15) is 0 Å². The van der Waals surface area contributed by atoms with Gasteiger partial charge in [-0.3, -0.25) is 0 Å². The van der Waals surface area contributed by atoms with Gasteiger partial charge < -0.3 is 16.2 Å². The monoisotopic (exact) mass is 193 g/mol. The van der Waals surface area contributed by atoms with Crippen LogP contribution >= 0.6 is 0 Å². The van der Waals surface area contributed by atoms with Gasteiger partial charge in [0.1, 0.15) is 5.82 Å². The van der Waals surface area contributed by atoms with E-state index in [1.54, 1.807) is 6.20 Å². The van der Waals surface area contributed by atoms with Crippen LogP contribution in [0.5, 0.6) is 0 Å². The number of hydrogen-bond acceptors (Lipinski definition) is 4. The molecule has 1 saturated carbocycles. The van der Waals surface area contributed by atoms with E-state index in [2.05, 4.69) is 10.3 Å². The lowest BCUT2D eigenvalue weighted by molar-refractivity contribution is 0.219. The van der Waals surface area contributed by atoms with Gasteiger partial charge in [-0.2, -0.15) is 0 Å². The first-order chi connectivity index (χ1) is 6.74. The third-order valence-corrected chi connectivity index (χ3v) is 2.72. The highest BCUT2D eigenvalue weighted by Crippen LogP contribution is 2.44. The molecular formula is C10H15N3O. The lowest BCUT2D eigenvalue weighted by Gasteiger charge is -2.12. The molecule has 2 rings (SSSR count). The van der Waals surface area contributed by atoms with Crippen LogP contribution in [0.15, 0.2) is 18.3 Å². The Balaban J connectivity index is 1.89. The number of aliphatic hydroxyl groups is 1. The van der Waals surface area contributed by atoms with Crippen LogP contribution in [0.25, 0.3) is 0 Å². The summed E-state index contributed by atoms with van der Waals surface area (Å²) in [7, 11) is 0. The van der Waals surface area contributed by atoms with Crippen LogP contribution in [0.3, 0.4) is 0 Å². The van der Waals surface area contributed by atoms with Gasteiger partial charge in [0.15, 0.2) is 0 Å². The van der Waals surface area contributed by atoms with Gasteiger partial charge in [0, 0.05) is 12.0 Å². The first-order valence-corrected chi connectivity index (χ1v) is 4.80. The number of rotatable bonds is 4. The molecule has 0 atom stereocenters. The zero-order valence-corrected chi connectivity index (χ0v) is 8.03. The fraction of sp³-hybridized carbons (Fsp3) is 0.500. The Morgan fingerprint density at radius 2 is 2.29 bits per heavy atom. The van der Waals surface area contributed by atoms with Crippen molar-refractivity contribution in [2.75, 3.05) is 24.2 Å². The quantitative estimate of drug-likeness (QED) is 0.663. The van der Waals surface area contributed by atoms with Crippen molar-refractivity contribution in [2.24, 2.45) is 5.41 Å². The maximum absolute atomic E-state index is 9.10. The summed E-state index contributed by atoms with van der Waals surface area (Å²) in [4.78, 5) is 4.13. The molecule has 0 unspecified atom stereocenters. The van der Waals surface area contributed by atoms with Gasteiger partial charge in [0.25, 0.3) is 0 Å². The summed E-state index contributed by atoms with van der Waals surface area (Å²) in [6.07, 6.45) is 3.83. The second-order valence-corrected chi connectivity index (χ2v) is 3.99. The summed E-state index contributed by atoms with van der Waals surface area (Å²) in [5, 5.41) is 12.3. The van der Waals surface area contributed by atoms with Gasteiger partial charge in [-0.25, -0.2) is 4.98 Å². The number of hydrogen-bond donors (Lipinski definition) is 3. The Morgan fingerprint density at radius 3 is 2.79 bits per heavy atom. The number of aromatic nitrogens is 1. The SMILES string of the molecule is Nc1ccc(NCC2(CO)CC2)nc1. The predicted octanol–water partition coefficient (Wildman–Crippen LogP) is 0.848. The molecule has 1 aliphatic rings. The van der Waals surface area contributed by atoms with Crippen LogP contribution < -0.4 is 11.1 Å². The van der Waals surface area contributed by atoms with E-state index in [1.165, 1.54) is 0 Å². The number of nitrogens with one attached hydrogen (secondary N) is 1. The van der Waals surface area contributed by atoms with Gasteiger partial charge in [-0.05, 0) is 25.0 Å². The number of pyridine rings is 1. The Labute approximate surface area is 83.2 Å². The lowest BCUT2D eigenvalue weighted by Crippen LogP contribution is -2.19. The standard InChI is InChI=1S/C10H15N3O/c11-8-1-2-9(12-5-8)13-6-10(7-14)3-4-10/h1-2,5,14H,3-4,6-7,11H2,(H,12,13). The number of nitrogens with two attached hydrogens (primary N) is 1. The minimum atomic E-state index is 0.114. The number of nitrogens with zero attached hydrogens (tertiary/aromatic N) is 1. The van der Waals surface area contributed by atoms with E-state index in [1.807, 2.05) is 12.1 Å². The number of anilines is 2. The third kappa shape index (κ3) is 1.96. The van der Waals surface area contributed by atoms with Crippen molar-refractivity contribution in [3.8, 4) is 0 Å². The maximum Gasteiger partial charge on any atom is 0.126 e. The molecule has 1 heterocycles. The maximum atomic E-state index is 9.10. The average Bonchev–Trinajstić information content (AvgIpc) is 2.98. The van der Waals surface area contributed by atoms with Crippen LogP contribution in [0, 0.1) is 5.41 Å². The zero-order chi connectivity index (χ0) is 10.0. The molecule has 0 amide bonds. The van der Waals surface area contributed by atoms with Crippen LogP contribution in [-0.4, -0.2) is 23.2 Å². The molecule has 0 radical (unpaired) electrons. The average molecular weight is 193 g/mol. The highest BCUT2D eigenvalue weighted by atomic mass is 16.3. The molecule has 0 aliphatic heterocycles. The Bertz CT molecular complexity index is 306. The molecule has 14 heavy (non-hydrogen) atoms. The van der Waals surface area contributed by atoms with E-state index in [4.69, 9.17) is 10.8 Å². The molecule has 4 nitrogen and oxygen atoms in total. The minimum Gasteiger partial charge on any atom is -0.397 e. The largest absolute Gasteiger partial charge is 0.397 e. The van der Waals surface area contributed by atoms with E-state index in [0.717, 1.165) is 25.2 Å². The predicted molar refractivity (Wildman–Crippen MR) is 55.9 cm³/mol. The summed E-state index contributed by atoms with van der Waals surface area (Å²) >= 11 is 0. The van der Waals surface area contributed by atoms with Crippen molar-refractivity contribution in [1.82, 2.24) is 4.98 Å². The third-order valence-electron chi connectivity index (χ3n) is 2.72. The van der Waals surface area contributed by atoms with Crippen LogP contribution in [-0.2, 0) is 0 Å². The zero-order valence-electron chi connectivity index (χ0n) is 8.03. The normalized spacial score (nSPS) is 17.8. The van der Waals surface area contributed by atoms with Gasteiger partial charge in [0.05, 0.1) is 18.5 Å². The van der Waals surface area contributed by atoms with Gasteiger partial charge in [0.2, 0.25) is 0 Å². The molecule has 76 valence electrons. The van der Waals surface area contributed by atoms with Gasteiger partial charge >= 0.3 is 0 Å². The summed E-state index contributed by atoms with van der Waals surface area (Å²) in [6.45, 7) is 1.05. The second kappa shape index (κ2) is 3.46.